The van der Waals surface area contributed by atoms with Crippen LogP contribution in [0.4, 0.5) is 5.69 Å². The number of carbonyl (C=O) groups is 1. The summed E-state index contributed by atoms with van der Waals surface area (Å²) in [5, 5.41) is 2.98. The van der Waals surface area contributed by atoms with Gasteiger partial charge in [0.2, 0.25) is 0 Å². The Morgan fingerprint density at radius 1 is 0.935 bits per heavy atom. The Morgan fingerprint density at radius 3 is 2.19 bits per heavy atom. The van der Waals surface area contributed by atoms with E-state index in [1.54, 1.807) is 36.4 Å². The van der Waals surface area contributed by atoms with Crippen molar-refractivity contribution in [2.75, 3.05) is 11.8 Å². The van der Waals surface area contributed by atoms with Crippen molar-refractivity contribution in [2.45, 2.75) is 30.7 Å². The Morgan fingerprint density at radius 2 is 1.58 bits per heavy atom. The molecule has 6 nitrogen and oxygen atoms in total. The van der Waals surface area contributed by atoms with Crippen LogP contribution < -0.4 is 14.8 Å². The average Bonchev–Trinajstić information content (AvgIpc) is 2.78. The molecule has 3 aromatic carbocycles. The van der Waals surface area contributed by atoms with Gasteiger partial charge in [-0.25, -0.2) is 8.42 Å². The average molecular weight is 439 g/mol. The Labute approximate surface area is 183 Å². The molecule has 1 amide bonds. The maximum absolute atomic E-state index is 12.5. The molecule has 0 saturated carbocycles. The van der Waals surface area contributed by atoms with Crippen LogP contribution in [0.1, 0.15) is 29.3 Å². The van der Waals surface area contributed by atoms with E-state index < -0.39 is 10.0 Å². The third-order valence-electron chi connectivity index (χ3n) is 4.86. The molecule has 0 aliphatic carbocycles. The quantitative estimate of drug-likeness (QED) is 0.523. The molecule has 0 saturated heterocycles. The predicted molar refractivity (Wildman–Crippen MR) is 122 cm³/mol. The van der Waals surface area contributed by atoms with Gasteiger partial charge in [0, 0.05) is 17.3 Å². The summed E-state index contributed by atoms with van der Waals surface area (Å²) in [7, 11) is -2.21. The van der Waals surface area contributed by atoms with E-state index in [2.05, 4.69) is 22.2 Å². The van der Waals surface area contributed by atoms with E-state index in [9.17, 15) is 13.2 Å². The van der Waals surface area contributed by atoms with Crippen molar-refractivity contribution in [3.05, 3.63) is 90.0 Å². The van der Waals surface area contributed by atoms with Crippen LogP contribution in [0.3, 0.4) is 0 Å². The Kier molecular flexibility index (Phi) is 7.31. The number of hydrogen-bond donors (Lipinski definition) is 2. The molecule has 1 unspecified atom stereocenters. The van der Waals surface area contributed by atoms with Crippen molar-refractivity contribution >= 4 is 21.6 Å². The fraction of sp³-hybridized carbons (Fsp3) is 0.208. The van der Waals surface area contributed by atoms with E-state index in [0.29, 0.717) is 17.0 Å². The van der Waals surface area contributed by atoms with E-state index in [1.807, 2.05) is 25.1 Å². The molecule has 0 aromatic heterocycles. The van der Waals surface area contributed by atoms with E-state index in [1.165, 1.54) is 24.8 Å². The van der Waals surface area contributed by atoms with Crippen LogP contribution in [0.15, 0.2) is 83.8 Å². The summed E-state index contributed by atoms with van der Waals surface area (Å²) in [6.45, 7) is 1.97. The molecular formula is C24H26N2O4S. The molecule has 0 spiro atoms. The zero-order valence-electron chi connectivity index (χ0n) is 17.5. The van der Waals surface area contributed by atoms with Gasteiger partial charge in [0.25, 0.3) is 15.9 Å². The molecule has 31 heavy (non-hydrogen) atoms. The van der Waals surface area contributed by atoms with Crippen molar-refractivity contribution in [3.63, 3.8) is 0 Å². The highest BCUT2D eigenvalue weighted by atomic mass is 32.2. The Hall–Kier alpha value is -3.32. The van der Waals surface area contributed by atoms with Crippen molar-refractivity contribution in [3.8, 4) is 5.75 Å². The van der Waals surface area contributed by atoms with Crippen molar-refractivity contribution < 1.29 is 17.9 Å². The first-order valence-corrected chi connectivity index (χ1v) is 11.5. The summed E-state index contributed by atoms with van der Waals surface area (Å²) in [5.41, 5.74) is 2.08. The molecule has 0 fully saturated rings. The van der Waals surface area contributed by atoms with Crippen molar-refractivity contribution in [1.82, 2.24) is 5.32 Å². The number of aryl methyl sites for hydroxylation is 1. The van der Waals surface area contributed by atoms with E-state index in [4.69, 9.17) is 4.74 Å². The lowest BCUT2D eigenvalue weighted by molar-refractivity contribution is 0.0938. The van der Waals surface area contributed by atoms with Gasteiger partial charge < -0.3 is 10.1 Å². The normalized spacial score (nSPS) is 12.1. The van der Waals surface area contributed by atoms with Crippen LogP contribution in [0.5, 0.6) is 5.75 Å². The number of carbonyl (C=O) groups excluding carboxylic acids is 1. The summed E-state index contributed by atoms with van der Waals surface area (Å²) >= 11 is 0. The van der Waals surface area contributed by atoms with Gasteiger partial charge in [-0.15, -0.1) is 0 Å². The first-order chi connectivity index (χ1) is 14.9. The molecule has 0 aliphatic heterocycles. The molecule has 0 aliphatic rings. The third kappa shape index (κ3) is 6.33. The summed E-state index contributed by atoms with van der Waals surface area (Å²) in [6, 6.07) is 22.6. The SMILES string of the molecule is COc1ccc(S(=O)(=O)Nc2ccc(C(=O)NC(C)CCc3ccccc3)cc2)cc1. The molecule has 162 valence electrons. The maximum Gasteiger partial charge on any atom is 0.261 e. The molecule has 0 bridgehead atoms. The molecule has 2 N–H and O–H groups in total. The van der Waals surface area contributed by atoms with Crippen molar-refractivity contribution in [2.24, 2.45) is 0 Å². The molecule has 0 heterocycles. The fourth-order valence-electron chi connectivity index (χ4n) is 3.07. The second-order valence-electron chi connectivity index (χ2n) is 7.26. The smallest absolute Gasteiger partial charge is 0.261 e. The third-order valence-corrected chi connectivity index (χ3v) is 6.25. The number of ether oxygens (including phenoxy) is 1. The summed E-state index contributed by atoms with van der Waals surface area (Å²) in [5.74, 6) is 0.387. The molecule has 0 radical (unpaired) electrons. The molecule has 1 atom stereocenters. The van der Waals surface area contributed by atoms with E-state index >= 15 is 0 Å². The first-order valence-electron chi connectivity index (χ1n) is 9.99. The number of nitrogens with one attached hydrogen (secondary N) is 2. The van der Waals surface area contributed by atoms with Crippen LogP contribution in [0, 0.1) is 0 Å². The first kappa shape index (κ1) is 22.4. The summed E-state index contributed by atoms with van der Waals surface area (Å²) in [6.07, 6.45) is 1.71. The molecule has 7 heteroatoms. The van der Waals surface area contributed by atoms with Gasteiger partial charge in [-0.05, 0) is 73.9 Å². The summed E-state index contributed by atoms with van der Waals surface area (Å²) in [4.78, 5) is 12.6. The van der Waals surface area contributed by atoms with Crippen LogP contribution in [0.25, 0.3) is 0 Å². The van der Waals surface area contributed by atoms with Crippen LogP contribution in [0.2, 0.25) is 0 Å². The zero-order valence-corrected chi connectivity index (χ0v) is 18.4. The number of methoxy groups -OCH3 is 1. The maximum atomic E-state index is 12.5. The lowest BCUT2D eigenvalue weighted by Crippen LogP contribution is -2.32. The van der Waals surface area contributed by atoms with Gasteiger partial charge in [0.05, 0.1) is 12.0 Å². The van der Waals surface area contributed by atoms with Crippen LogP contribution in [-0.4, -0.2) is 27.5 Å². The highest BCUT2D eigenvalue weighted by Gasteiger charge is 2.15. The number of anilines is 1. The lowest BCUT2D eigenvalue weighted by Gasteiger charge is -2.14. The topological polar surface area (TPSA) is 84.5 Å². The second-order valence-corrected chi connectivity index (χ2v) is 8.94. The minimum atomic E-state index is -3.73. The predicted octanol–water partition coefficient (Wildman–Crippen LogP) is 4.25. The largest absolute Gasteiger partial charge is 0.497 e. The van der Waals surface area contributed by atoms with Gasteiger partial charge in [-0.2, -0.15) is 0 Å². The number of hydrogen-bond acceptors (Lipinski definition) is 4. The standard InChI is InChI=1S/C24H26N2O4S/c1-18(8-9-19-6-4-3-5-7-19)25-24(27)20-10-12-21(13-11-20)26-31(28,29)23-16-14-22(30-2)15-17-23/h3-7,10-18,26H,8-9H2,1-2H3,(H,25,27). The van der Waals surface area contributed by atoms with Gasteiger partial charge in [-0.1, -0.05) is 30.3 Å². The zero-order chi connectivity index (χ0) is 22.3. The van der Waals surface area contributed by atoms with Crippen LogP contribution >= 0.6 is 0 Å². The molecule has 3 rings (SSSR count). The number of rotatable bonds is 9. The molecular weight excluding hydrogens is 412 g/mol. The van der Waals surface area contributed by atoms with Gasteiger partial charge in [0.15, 0.2) is 0 Å². The minimum absolute atomic E-state index is 0.0148. The highest BCUT2D eigenvalue weighted by molar-refractivity contribution is 7.92. The molecule has 3 aromatic rings. The Bertz CT molecular complexity index is 1100. The highest BCUT2D eigenvalue weighted by Crippen LogP contribution is 2.19. The van der Waals surface area contributed by atoms with Gasteiger partial charge in [0.1, 0.15) is 5.75 Å². The van der Waals surface area contributed by atoms with E-state index in [0.717, 1.165) is 12.8 Å². The minimum Gasteiger partial charge on any atom is -0.497 e. The van der Waals surface area contributed by atoms with Gasteiger partial charge >= 0.3 is 0 Å². The number of amides is 1. The second kappa shape index (κ2) is 10.1. The number of benzene rings is 3. The number of sulfonamides is 1. The fourth-order valence-corrected chi connectivity index (χ4v) is 4.12. The van der Waals surface area contributed by atoms with E-state index in [-0.39, 0.29) is 16.8 Å². The monoisotopic (exact) mass is 438 g/mol. The summed E-state index contributed by atoms with van der Waals surface area (Å²) < 4.78 is 32.6. The van der Waals surface area contributed by atoms with Gasteiger partial charge in [-0.3, -0.25) is 9.52 Å². The van der Waals surface area contributed by atoms with Crippen LogP contribution in [-0.2, 0) is 16.4 Å². The Balaban J connectivity index is 1.56. The van der Waals surface area contributed by atoms with Crippen molar-refractivity contribution in [1.29, 1.82) is 0 Å². The lowest BCUT2D eigenvalue weighted by atomic mass is 10.1.